The molecule has 0 atom stereocenters. The number of carbonyl (C=O) groups excluding carboxylic acids is 1. The molecule has 0 aromatic carbocycles. The van der Waals surface area contributed by atoms with E-state index >= 15 is 0 Å². The molecule has 2 rings (SSSR count). The summed E-state index contributed by atoms with van der Waals surface area (Å²) in [6.45, 7) is 8.69. The summed E-state index contributed by atoms with van der Waals surface area (Å²) in [4.78, 5) is 20.6. The zero-order chi connectivity index (χ0) is 16.2. The van der Waals surface area contributed by atoms with Gasteiger partial charge in [0.1, 0.15) is 5.60 Å². The Morgan fingerprint density at radius 1 is 1.36 bits per heavy atom. The molecule has 1 heterocycles. The molecule has 1 aliphatic heterocycles. The van der Waals surface area contributed by atoms with Gasteiger partial charge in [0.05, 0.1) is 6.54 Å². The van der Waals surface area contributed by atoms with E-state index in [1.165, 1.54) is 0 Å². The number of thioether (sulfide) groups is 1. The highest BCUT2D eigenvalue weighted by molar-refractivity contribution is 7.99. The summed E-state index contributed by atoms with van der Waals surface area (Å²) >= 11 is 1.94. The molecule has 126 valence electrons. The van der Waals surface area contributed by atoms with E-state index in [4.69, 9.17) is 10.5 Å². The highest BCUT2D eigenvalue weighted by Gasteiger charge is 2.34. The zero-order valence-corrected chi connectivity index (χ0v) is 14.7. The van der Waals surface area contributed by atoms with Gasteiger partial charge < -0.3 is 20.3 Å². The number of aliphatic imine (C=N–C) groups is 1. The van der Waals surface area contributed by atoms with Crippen molar-refractivity contribution < 1.29 is 9.53 Å². The molecular weight excluding hydrogens is 300 g/mol. The third kappa shape index (κ3) is 5.59. The van der Waals surface area contributed by atoms with Crippen LogP contribution in [0.2, 0.25) is 0 Å². The number of amides is 1. The number of guanidine groups is 1. The van der Waals surface area contributed by atoms with Crippen LogP contribution in [0.25, 0.3) is 0 Å². The van der Waals surface area contributed by atoms with E-state index in [-0.39, 0.29) is 6.09 Å². The van der Waals surface area contributed by atoms with Crippen LogP contribution in [0, 0.1) is 0 Å². The first-order valence-electron chi connectivity index (χ1n) is 7.99. The number of ether oxygens (including phenoxy) is 1. The largest absolute Gasteiger partial charge is 0.444 e. The fourth-order valence-electron chi connectivity index (χ4n) is 2.29. The Morgan fingerprint density at radius 3 is 2.55 bits per heavy atom. The highest BCUT2D eigenvalue weighted by atomic mass is 32.2. The van der Waals surface area contributed by atoms with Crippen LogP contribution in [-0.4, -0.2) is 71.2 Å². The van der Waals surface area contributed by atoms with Gasteiger partial charge in [-0.15, -0.1) is 0 Å². The minimum atomic E-state index is -0.460. The number of hydrogen-bond donors (Lipinski definition) is 1. The molecule has 7 heteroatoms. The van der Waals surface area contributed by atoms with Crippen LogP contribution in [0.3, 0.4) is 0 Å². The van der Waals surface area contributed by atoms with Gasteiger partial charge in [-0.1, -0.05) is 0 Å². The molecule has 0 spiro atoms. The zero-order valence-electron chi connectivity index (χ0n) is 13.9. The van der Waals surface area contributed by atoms with E-state index in [1.807, 2.05) is 32.5 Å². The molecule has 0 aromatic heterocycles. The minimum Gasteiger partial charge on any atom is -0.444 e. The second kappa shape index (κ2) is 7.44. The molecule has 2 aliphatic rings. The summed E-state index contributed by atoms with van der Waals surface area (Å²) in [5.41, 5.74) is 5.58. The lowest BCUT2D eigenvalue weighted by atomic mass is 10.2. The van der Waals surface area contributed by atoms with Crippen LogP contribution in [0.15, 0.2) is 4.99 Å². The third-order valence-electron chi connectivity index (χ3n) is 3.57. The molecule has 2 N–H and O–H groups in total. The molecule has 0 radical (unpaired) electrons. The topological polar surface area (TPSA) is 71.2 Å². The van der Waals surface area contributed by atoms with E-state index in [0.717, 1.165) is 37.4 Å². The van der Waals surface area contributed by atoms with Crippen molar-refractivity contribution in [2.24, 2.45) is 10.7 Å². The van der Waals surface area contributed by atoms with Crippen molar-refractivity contribution in [3.05, 3.63) is 0 Å². The van der Waals surface area contributed by atoms with E-state index in [2.05, 4.69) is 9.89 Å². The summed E-state index contributed by atoms with van der Waals surface area (Å²) in [6, 6.07) is 0.317. The third-order valence-corrected chi connectivity index (χ3v) is 4.51. The SMILES string of the molecule is CC(C)(C)OC(=O)N(CCN=C(N)N1CCSCC1)C1CC1. The Kier molecular flexibility index (Phi) is 5.83. The molecule has 1 aliphatic carbocycles. The molecule has 0 unspecified atom stereocenters. The van der Waals surface area contributed by atoms with Crippen molar-refractivity contribution in [3.8, 4) is 0 Å². The second-order valence-electron chi connectivity index (χ2n) is 6.74. The van der Waals surface area contributed by atoms with Gasteiger partial charge in [-0.05, 0) is 33.6 Å². The van der Waals surface area contributed by atoms with Crippen LogP contribution < -0.4 is 5.73 Å². The number of hydrogen-bond acceptors (Lipinski definition) is 4. The summed E-state index contributed by atoms with van der Waals surface area (Å²) in [6.07, 6.45) is 1.88. The van der Waals surface area contributed by atoms with Gasteiger partial charge in [-0.25, -0.2) is 4.79 Å². The van der Waals surface area contributed by atoms with E-state index in [9.17, 15) is 4.79 Å². The summed E-state index contributed by atoms with van der Waals surface area (Å²) in [5, 5.41) is 0. The Balaban J connectivity index is 1.82. The first-order valence-corrected chi connectivity index (χ1v) is 9.14. The maximum atomic E-state index is 12.2. The monoisotopic (exact) mass is 328 g/mol. The summed E-state index contributed by atoms with van der Waals surface area (Å²) in [5.74, 6) is 2.80. The van der Waals surface area contributed by atoms with E-state index in [1.54, 1.807) is 4.90 Å². The molecule has 2 fully saturated rings. The standard InChI is InChI=1S/C15H28N4O2S/c1-15(2,3)21-14(20)19(12-4-5-12)7-6-17-13(16)18-8-10-22-11-9-18/h12H,4-11H2,1-3H3,(H2,16,17). The first-order chi connectivity index (χ1) is 10.4. The first kappa shape index (κ1) is 17.2. The normalized spacial score (nSPS) is 20.0. The van der Waals surface area contributed by atoms with Crippen LogP contribution in [-0.2, 0) is 4.74 Å². The Morgan fingerprint density at radius 2 is 2.00 bits per heavy atom. The summed E-state index contributed by atoms with van der Waals surface area (Å²) in [7, 11) is 0. The summed E-state index contributed by atoms with van der Waals surface area (Å²) < 4.78 is 5.47. The number of carbonyl (C=O) groups is 1. The van der Waals surface area contributed by atoms with Gasteiger partial charge in [-0.2, -0.15) is 11.8 Å². The lowest BCUT2D eigenvalue weighted by Gasteiger charge is -2.28. The predicted molar refractivity (Wildman–Crippen MR) is 91.3 cm³/mol. The number of nitrogens with zero attached hydrogens (tertiary/aromatic N) is 3. The van der Waals surface area contributed by atoms with Gasteiger partial charge in [0, 0.05) is 37.2 Å². The van der Waals surface area contributed by atoms with Crippen LogP contribution in [0.1, 0.15) is 33.6 Å². The molecule has 0 bridgehead atoms. The van der Waals surface area contributed by atoms with Crippen molar-refractivity contribution >= 4 is 23.8 Å². The predicted octanol–water partition coefficient (Wildman–Crippen LogP) is 1.75. The van der Waals surface area contributed by atoms with Gasteiger partial charge >= 0.3 is 6.09 Å². The smallest absolute Gasteiger partial charge is 0.410 e. The van der Waals surface area contributed by atoms with Crippen molar-refractivity contribution in [3.63, 3.8) is 0 Å². The maximum Gasteiger partial charge on any atom is 0.410 e. The lowest BCUT2D eigenvalue weighted by Crippen LogP contribution is -2.43. The van der Waals surface area contributed by atoms with Crippen molar-refractivity contribution in [1.82, 2.24) is 9.80 Å². The number of nitrogens with two attached hydrogens (primary N) is 1. The molecular formula is C15H28N4O2S. The quantitative estimate of drug-likeness (QED) is 0.629. The minimum absolute atomic E-state index is 0.238. The van der Waals surface area contributed by atoms with Crippen LogP contribution in [0.4, 0.5) is 4.79 Å². The molecule has 1 amide bonds. The fraction of sp³-hybridized carbons (Fsp3) is 0.867. The van der Waals surface area contributed by atoms with Crippen molar-refractivity contribution in [1.29, 1.82) is 0 Å². The Hall–Kier alpha value is -1.11. The average Bonchev–Trinajstić information content (AvgIpc) is 3.26. The van der Waals surface area contributed by atoms with Gasteiger partial charge in [0.2, 0.25) is 0 Å². The Bertz CT molecular complexity index is 412. The molecule has 1 saturated heterocycles. The Labute approximate surface area is 137 Å². The van der Waals surface area contributed by atoms with Gasteiger partial charge in [0.15, 0.2) is 5.96 Å². The number of rotatable bonds is 4. The molecule has 22 heavy (non-hydrogen) atoms. The van der Waals surface area contributed by atoms with Crippen molar-refractivity contribution in [2.75, 3.05) is 37.7 Å². The molecule has 1 saturated carbocycles. The second-order valence-corrected chi connectivity index (χ2v) is 7.97. The van der Waals surface area contributed by atoms with Gasteiger partial charge in [-0.3, -0.25) is 4.99 Å². The van der Waals surface area contributed by atoms with Gasteiger partial charge in [0.25, 0.3) is 0 Å². The fourth-order valence-corrected chi connectivity index (χ4v) is 3.20. The average molecular weight is 328 g/mol. The molecule has 6 nitrogen and oxygen atoms in total. The van der Waals surface area contributed by atoms with E-state index < -0.39 is 5.60 Å². The van der Waals surface area contributed by atoms with Crippen LogP contribution in [0.5, 0.6) is 0 Å². The van der Waals surface area contributed by atoms with Crippen LogP contribution >= 0.6 is 11.8 Å². The molecule has 0 aromatic rings. The maximum absolute atomic E-state index is 12.2. The van der Waals surface area contributed by atoms with Crippen molar-refractivity contribution in [2.45, 2.75) is 45.3 Å². The highest BCUT2D eigenvalue weighted by Crippen LogP contribution is 2.28. The van der Waals surface area contributed by atoms with E-state index in [0.29, 0.717) is 25.1 Å². The lowest BCUT2D eigenvalue weighted by molar-refractivity contribution is 0.0240.